The number of hydrogen-bond acceptors (Lipinski definition) is 7. The Hall–Kier alpha value is -3.09. The first-order chi connectivity index (χ1) is 24.7. The molecule has 0 aliphatic carbocycles. The first-order valence-corrected chi connectivity index (χ1v) is 19.8. The third kappa shape index (κ3) is 8.43. The summed E-state index contributed by atoms with van der Waals surface area (Å²) in [5, 5.41) is 6.62. The summed E-state index contributed by atoms with van der Waals surface area (Å²) in [6.45, 7) is 7.94. The first-order valence-electron chi connectivity index (χ1n) is 19.8. The number of benzene rings is 1. The molecule has 7 heterocycles. The van der Waals surface area contributed by atoms with Crippen molar-refractivity contribution in [1.29, 1.82) is 0 Å². The van der Waals surface area contributed by atoms with Gasteiger partial charge in [-0.2, -0.15) is 0 Å². The van der Waals surface area contributed by atoms with E-state index in [0.29, 0.717) is 62.3 Å². The van der Waals surface area contributed by atoms with E-state index < -0.39 is 5.54 Å². The van der Waals surface area contributed by atoms with Gasteiger partial charge in [-0.3, -0.25) is 29.0 Å². The van der Waals surface area contributed by atoms with Crippen molar-refractivity contribution in [1.82, 2.24) is 35.1 Å². The second-order valence-electron chi connectivity index (χ2n) is 16.4. The zero-order chi connectivity index (χ0) is 35.5. The van der Waals surface area contributed by atoms with E-state index in [9.17, 15) is 23.6 Å². The topological polar surface area (TPSA) is 109 Å². The highest BCUT2D eigenvalue weighted by Crippen LogP contribution is 2.35. The van der Waals surface area contributed by atoms with E-state index in [1.807, 2.05) is 0 Å². The summed E-state index contributed by atoms with van der Waals surface area (Å²) in [6, 6.07) is 6.19. The van der Waals surface area contributed by atoms with Crippen molar-refractivity contribution in [3.05, 3.63) is 35.6 Å². The van der Waals surface area contributed by atoms with Crippen LogP contribution in [0, 0.1) is 17.7 Å². The number of likely N-dealkylation sites (tertiary alicyclic amines) is 3. The summed E-state index contributed by atoms with van der Waals surface area (Å²) in [7, 11) is 2.20. The fourth-order valence-corrected chi connectivity index (χ4v) is 10.1. The lowest BCUT2D eigenvalue weighted by Gasteiger charge is -2.46. The molecule has 1 aromatic rings. The van der Waals surface area contributed by atoms with Crippen LogP contribution in [0.1, 0.15) is 87.4 Å². The van der Waals surface area contributed by atoms with Crippen LogP contribution in [0.15, 0.2) is 24.3 Å². The van der Waals surface area contributed by atoms with E-state index in [0.717, 1.165) is 84.3 Å². The van der Waals surface area contributed by atoms with E-state index in [4.69, 9.17) is 0 Å². The van der Waals surface area contributed by atoms with E-state index in [1.165, 1.54) is 37.1 Å². The van der Waals surface area contributed by atoms with Crippen molar-refractivity contribution in [2.75, 3.05) is 72.5 Å². The van der Waals surface area contributed by atoms with Gasteiger partial charge in [0.15, 0.2) is 0 Å². The predicted octanol–water partition coefficient (Wildman–Crippen LogP) is 2.70. The number of hydrogen-bond donors (Lipinski definition) is 2. The molecule has 8 rings (SSSR count). The van der Waals surface area contributed by atoms with Crippen LogP contribution >= 0.6 is 0 Å². The second-order valence-corrected chi connectivity index (χ2v) is 16.4. The number of nitrogens with zero attached hydrogens (tertiary/aromatic N) is 5. The van der Waals surface area contributed by atoms with Crippen molar-refractivity contribution < 1.29 is 23.6 Å². The molecule has 0 saturated carbocycles. The van der Waals surface area contributed by atoms with Gasteiger partial charge in [0.25, 0.3) is 5.91 Å². The average molecular weight is 708 g/mol. The molecule has 7 fully saturated rings. The lowest BCUT2D eigenvalue weighted by Crippen LogP contribution is -2.61. The Balaban J connectivity index is 1.07. The highest BCUT2D eigenvalue weighted by atomic mass is 19.1. The van der Waals surface area contributed by atoms with Gasteiger partial charge in [0.05, 0.1) is 11.6 Å². The molecular formula is C39H58FN7O4. The Labute approximate surface area is 302 Å². The van der Waals surface area contributed by atoms with E-state index in [2.05, 4.69) is 37.3 Å². The molecule has 3 atom stereocenters. The lowest BCUT2D eigenvalue weighted by molar-refractivity contribution is -0.137. The van der Waals surface area contributed by atoms with Crippen LogP contribution in [0.2, 0.25) is 0 Å². The maximum atomic E-state index is 14.1. The van der Waals surface area contributed by atoms with Gasteiger partial charge in [0.2, 0.25) is 17.7 Å². The Morgan fingerprint density at radius 3 is 2.24 bits per heavy atom. The molecule has 280 valence electrons. The van der Waals surface area contributed by atoms with Crippen LogP contribution in [0.5, 0.6) is 0 Å². The zero-order valence-corrected chi connectivity index (χ0v) is 30.5. The molecule has 1 spiro atoms. The minimum atomic E-state index is -0.755. The largest absolute Gasteiger partial charge is 0.356 e. The van der Waals surface area contributed by atoms with E-state index in [-0.39, 0.29) is 48.0 Å². The highest BCUT2D eigenvalue weighted by molar-refractivity contribution is 5.94. The molecule has 0 aromatic heterocycles. The SMILES string of the molecule is CN1CCC(N2CC[C@H]3CC(=O)N4CCC(CC4)N4CCC[C@H]4C(=O)NC4(CCN(C(=O)c5ccc(F)cc5)CC4)CC(=O)NCC[C@H]3C2)CC1. The molecule has 12 heteroatoms. The molecule has 2 N–H and O–H groups in total. The predicted molar refractivity (Wildman–Crippen MR) is 192 cm³/mol. The van der Waals surface area contributed by atoms with Crippen LogP contribution in [0.25, 0.3) is 0 Å². The van der Waals surface area contributed by atoms with E-state index >= 15 is 0 Å². The normalized spacial score (nSPS) is 30.0. The molecule has 7 aliphatic rings. The number of nitrogens with one attached hydrogen (secondary N) is 2. The van der Waals surface area contributed by atoms with Crippen LogP contribution < -0.4 is 10.6 Å². The minimum Gasteiger partial charge on any atom is -0.356 e. The number of carbonyl (C=O) groups excluding carboxylic acids is 4. The van der Waals surface area contributed by atoms with Gasteiger partial charge in [-0.25, -0.2) is 4.39 Å². The molecule has 1 aromatic carbocycles. The third-order valence-electron chi connectivity index (χ3n) is 13.3. The monoisotopic (exact) mass is 707 g/mol. The smallest absolute Gasteiger partial charge is 0.253 e. The lowest BCUT2D eigenvalue weighted by atomic mass is 9.79. The van der Waals surface area contributed by atoms with Crippen molar-refractivity contribution in [3.63, 3.8) is 0 Å². The van der Waals surface area contributed by atoms with Crippen LogP contribution in [0.4, 0.5) is 4.39 Å². The summed E-state index contributed by atoms with van der Waals surface area (Å²) in [5.41, 5.74) is -0.322. The molecule has 0 radical (unpaired) electrons. The standard InChI is InChI=1S/C39H58FN7O4/c1-43-18-10-32(11-19-43)46-20-9-29-25-36(49)44-21-12-33(13-22-44)47-17-2-3-34(47)37(50)42-39(26-35(48)41-16-8-30(29)27-46)14-23-45(24-15-39)38(51)28-4-6-31(40)7-5-28/h4-7,29-30,32-34H,2-3,8-27H2,1H3,(H,41,48)(H,42,50)/t29-,30-,34-/m0/s1. The van der Waals surface area contributed by atoms with Gasteiger partial charge in [-0.1, -0.05) is 0 Å². The minimum absolute atomic E-state index is 0.0303. The Morgan fingerprint density at radius 2 is 1.51 bits per heavy atom. The quantitative estimate of drug-likeness (QED) is 0.487. The van der Waals surface area contributed by atoms with Crippen molar-refractivity contribution in [2.45, 2.75) is 101 Å². The molecule has 51 heavy (non-hydrogen) atoms. The van der Waals surface area contributed by atoms with E-state index in [1.54, 1.807) is 4.90 Å². The van der Waals surface area contributed by atoms with Crippen LogP contribution in [-0.2, 0) is 14.4 Å². The fourth-order valence-electron chi connectivity index (χ4n) is 10.1. The third-order valence-corrected chi connectivity index (χ3v) is 13.3. The van der Waals surface area contributed by atoms with Crippen LogP contribution in [-0.4, -0.2) is 144 Å². The van der Waals surface area contributed by atoms with Crippen molar-refractivity contribution in [2.24, 2.45) is 11.8 Å². The molecule has 4 amide bonds. The summed E-state index contributed by atoms with van der Waals surface area (Å²) >= 11 is 0. The number of halogens is 1. The van der Waals surface area contributed by atoms with Crippen molar-refractivity contribution in [3.8, 4) is 0 Å². The van der Waals surface area contributed by atoms with Gasteiger partial charge in [-0.15, -0.1) is 0 Å². The Morgan fingerprint density at radius 1 is 0.804 bits per heavy atom. The molecular weight excluding hydrogens is 649 g/mol. The number of carbonyl (C=O) groups is 4. The van der Waals surface area contributed by atoms with Gasteiger partial charge in [-0.05, 0) is 134 Å². The first kappa shape index (κ1) is 36.3. The molecule has 11 nitrogen and oxygen atoms in total. The fraction of sp³-hybridized carbons (Fsp3) is 0.744. The highest BCUT2D eigenvalue weighted by Gasteiger charge is 2.44. The van der Waals surface area contributed by atoms with Crippen molar-refractivity contribution >= 4 is 23.6 Å². The Kier molecular flexibility index (Phi) is 11.3. The molecule has 0 unspecified atom stereocenters. The maximum absolute atomic E-state index is 14.1. The second kappa shape index (κ2) is 15.9. The number of fused-ring (bicyclic) bond motifs is 8. The van der Waals surface area contributed by atoms with Gasteiger partial charge < -0.3 is 25.3 Å². The number of rotatable bonds is 2. The Bertz CT molecular complexity index is 1400. The van der Waals surface area contributed by atoms with Gasteiger partial charge in [0.1, 0.15) is 5.82 Å². The summed E-state index contributed by atoms with van der Waals surface area (Å²) < 4.78 is 13.5. The zero-order valence-electron chi connectivity index (χ0n) is 30.5. The number of amides is 4. The van der Waals surface area contributed by atoms with Gasteiger partial charge >= 0.3 is 0 Å². The number of piperidine rings is 4. The van der Waals surface area contributed by atoms with Crippen LogP contribution in [0.3, 0.4) is 0 Å². The average Bonchev–Trinajstić information content (AvgIpc) is 3.63. The summed E-state index contributed by atoms with van der Waals surface area (Å²) in [5.74, 6) is 0.246. The molecule has 7 aliphatic heterocycles. The summed E-state index contributed by atoms with van der Waals surface area (Å²) in [4.78, 5) is 66.1. The van der Waals surface area contributed by atoms with Gasteiger partial charge in [0, 0.05) is 69.8 Å². The summed E-state index contributed by atoms with van der Waals surface area (Å²) in [6.07, 6.45) is 9.37. The maximum Gasteiger partial charge on any atom is 0.253 e. The molecule has 7 saturated heterocycles. The molecule has 2 bridgehead atoms.